The maximum atomic E-state index is 3.34. The molecule has 2 heteroatoms. The molecule has 0 fully saturated rings. The standard InChI is InChI=1S/C58H32N2/c1-7-19-49(20-8-1)53-35-31-47(43-45-59-57-27-15-5-16-28-57)32-37-55(51-23-11-3-12-24-51)41-42-56(52-25-13-4-14-26-52)38-34-48(44-46-60-58-29-17-6-18-30-58)33-36-54(40-39-53)50-21-9-2-10-22-50/h1-30,59-60H. The summed E-state index contributed by atoms with van der Waals surface area (Å²) in [5.41, 5.74) is 27.9. The maximum absolute atomic E-state index is 3.34. The van der Waals surface area contributed by atoms with Crippen molar-refractivity contribution in [3.63, 3.8) is 0 Å². The van der Waals surface area contributed by atoms with Crippen molar-refractivity contribution < 1.29 is 0 Å². The Hall–Kier alpha value is -9.38. The van der Waals surface area contributed by atoms with Crippen LogP contribution in [0, 0.1) is 59.5 Å². The Kier molecular flexibility index (Phi) is 13.6. The number of allylic oxidation sites excluding steroid dienone is 6. The molecule has 1 aliphatic carbocycles. The van der Waals surface area contributed by atoms with Crippen LogP contribution in [0.4, 0.5) is 11.4 Å². The molecule has 2 N–H and O–H groups in total. The van der Waals surface area contributed by atoms with E-state index in [1.165, 1.54) is 0 Å². The van der Waals surface area contributed by atoms with Crippen molar-refractivity contribution in [2.75, 3.05) is 10.6 Å². The van der Waals surface area contributed by atoms with E-state index >= 15 is 0 Å². The Morgan fingerprint density at radius 2 is 0.517 bits per heavy atom. The first-order valence-corrected chi connectivity index (χ1v) is 19.0. The van der Waals surface area contributed by atoms with Gasteiger partial charge in [-0.05, 0) is 81.7 Å². The molecule has 0 radical (unpaired) electrons. The number of hydrogen-bond acceptors (Lipinski definition) is 2. The fraction of sp³-hybridized carbons (Fsp3) is 0. The normalized spacial score (nSPS) is 11.5. The van der Waals surface area contributed by atoms with Gasteiger partial charge in [-0.3, -0.25) is 0 Å². The molecule has 0 bridgehead atoms. The van der Waals surface area contributed by atoms with E-state index in [1.807, 2.05) is 182 Å². The summed E-state index contributed by atoms with van der Waals surface area (Å²) in [7, 11) is 0. The van der Waals surface area contributed by atoms with Gasteiger partial charge in [0.2, 0.25) is 0 Å². The molecule has 0 saturated carbocycles. The first kappa shape index (κ1) is 38.9. The summed E-state index contributed by atoms with van der Waals surface area (Å²) in [6.45, 7) is 0. The molecule has 1 aliphatic rings. The van der Waals surface area contributed by atoms with Gasteiger partial charge in [-0.15, -0.1) is 0 Å². The minimum atomic E-state index is 0.381. The second-order valence-electron chi connectivity index (χ2n) is 12.7. The maximum Gasteiger partial charge on any atom is 0.127 e. The third-order valence-electron chi connectivity index (χ3n) is 8.46. The zero-order valence-electron chi connectivity index (χ0n) is 32.3. The molecule has 0 amide bonds. The average Bonchev–Trinajstić information content (AvgIpc) is 3.31. The summed E-state index contributed by atoms with van der Waals surface area (Å²) < 4.78 is 0. The molecule has 60 heavy (non-hydrogen) atoms. The molecule has 0 atom stereocenters. The van der Waals surface area contributed by atoms with Crippen LogP contribution in [0.25, 0.3) is 22.3 Å². The summed E-state index contributed by atoms with van der Waals surface area (Å²) in [6.07, 6.45) is 0. The molecule has 0 aliphatic heterocycles. The predicted octanol–water partition coefficient (Wildman–Crippen LogP) is 11.6. The number of para-hydroxylation sites is 2. The summed E-state index contributed by atoms with van der Waals surface area (Å²) >= 11 is 0. The highest BCUT2D eigenvalue weighted by molar-refractivity contribution is 5.87. The third kappa shape index (κ3) is 11.8. The Labute approximate surface area is 352 Å². The summed E-state index contributed by atoms with van der Waals surface area (Å²) in [6, 6.07) is 64.8. The monoisotopic (exact) mass is 756 g/mol. The lowest BCUT2D eigenvalue weighted by Crippen LogP contribution is -1.87. The van der Waals surface area contributed by atoms with Crippen LogP contribution < -0.4 is 10.6 Å². The molecular formula is C58H32N2. The molecule has 2 nitrogen and oxygen atoms in total. The number of nitrogens with one attached hydrogen (secondary N) is 2. The molecular weight excluding hydrogens is 725 g/mol. The van der Waals surface area contributed by atoms with Gasteiger partial charge in [0.15, 0.2) is 0 Å². The summed E-state index contributed by atoms with van der Waals surface area (Å²) in [4.78, 5) is 0. The van der Waals surface area contributed by atoms with Crippen LogP contribution in [0.3, 0.4) is 0 Å². The van der Waals surface area contributed by atoms with Crippen molar-refractivity contribution in [3.05, 3.63) is 250 Å². The van der Waals surface area contributed by atoms with Crippen LogP contribution in [-0.2, 0) is 0 Å². The van der Waals surface area contributed by atoms with Crippen molar-refractivity contribution >= 4 is 33.7 Å². The lowest BCUT2D eigenvalue weighted by atomic mass is 10.0. The minimum absolute atomic E-state index is 0.381. The van der Waals surface area contributed by atoms with Crippen molar-refractivity contribution in [1.82, 2.24) is 0 Å². The van der Waals surface area contributed by atoms with Crippen molar-refractivity contribution in [3.8, 4) is 59.5 Å². The van der Waals surface area contributed by atoms with Crippen LogP contribution >= 0.6 is 0 Å². The van der Waals surface area contributed by atoms with Crippen LogP contribution in [0.5, 0.6) is 0 Å². The van der Waals surface area contributed by atoms with Gasteiger partial charge in [-0.2, -0.15) is 0 Å². The predicted molar refractivity (Wildman–Crippen MR) is 247 cm³/mol. The fourth-order valence-electron chi connectivity index (χ4n) is 5.43. The van der Waals surface area contributed by atoms with Gasteiger partial charge in [-0.25, -0.2) is 0 Å². The first-order valence-electron chi connectivity index (χ1n) is 19.0. The molecule has 0 aromatic heterocycles. The molecule has 0 spiro atoms. The molecule has 0 heterocycles. The van der Waals surface area contributed by atoms with Gasteiger partial charge < -0.3 is 10.6 Å². The largest absolute Gasteiger partial charge is 0.315 e. The van der Waals surface area contributed by atoms with Crippen molar-refractivity contribution in [1.29, 1.82) is 0 Å². The third-order valence-corrected chi connectivity index (χ3v) is 8.46. The minimum Gasteiger partial charge on any atom is -0.315 e. The zero-order chi connectivity index (χ0) is 40.9. The first-order chi connectivity index (χ1) is 29.8. The van der Waals surface area contributed by atoms with E-state index in [4.69, 9.17) is 0 Å². The zero-order valence-corrected chi connectivity index (χ0v) is 32.3. The lowest BCUT2D eigenvalue weighted by Gasteiger charge is -1.98. The van der Waals surface area contributed by atoms with E-state index in [9.17, 15) is 0 Å². The Bertz CT molecular complexity index is 2950. The highest BCUT2D eigenvalue weighted by Crippen LogP contribution is 2.18. The van der Waals surface area contributed by atoms with E-state index < -0.39 is 0 Å². The second-order valence-corrected chi connectivity index (χ2v) is 12.7. The van der Waals surface area contributed by atoms with Gasteiger partial charge in [0.1, 0.15) is 11.1 Å². The van der Waals surface area contributed by atoms with E-state index in [2.05, 4.69) is 104 Å². The molecule has 0 saturated heterocycles. The molecule has 6 aromatic rings. The SMILES string of the molecule is C1=C=C(c2ccccc2)C#CC(c2ccccc2)=C=C=C(C#CNc2ccccc2)C#CC(c2ccccc2)=C=C=C(c2ccccc2)C#CC=1C#CNc1ccccc1. The highest BCUT2D eigenvalue weighted by Gasteiger charge is 2.02. The van der Waals surface area contributed by atoms with E-state index in [1.54, 1.807) is 0 Å². The fourth-order valence-corrected chi connectivity index (χ4v) is 5.43. The smallest absolute Gasteiger partial charge is 0.127 e. The number of hydrogen-bond donors (Lipinski definition) is 2. The van der Waals surface area contributed by atoms with E-state index in [0.717, 1.165) is 33.6 Å². The molecule has 7 rings (SSSR count). The molecule has 6 aromatic carbocycles. The Balaban J connectivity index is 1.56. The van der Waals surface area contributed by atoms with Crippen LogP contribution in [-0.4, -0.2) is 0 Å². The molecule has 0 unspecified atom stereocenters. The Morgan fingerprint density at radius 1 is 0.267 bits per heavy atom. The van der Waals surface area contributed by atoms with E-state index in [-0.39, 0.29) is 0 Å². The molecule has 274 valence electrons. The van der Waals surface area contributed by atoms with Gasteiger partial charge in [0, 0.05) is 23.5 Å². The number of anilines is 2. The highest BCUT2D eigenvalue weighted by atomic mass is 14.8. The van der Waals surface area contributed by atoms with Gasteiger partial charge >= 0.3 is 0 Å². The number of benzene rings is 6. The van der Waals surface area contributed by atoms with Crippen LogP contribution in [0.2, 0.25) is 0 Å². The van der Waals surface area contributed by atoms with Gasteiger partial charge in [0.05, 0.1) is 22.3 Å². The topological polar surface area (TPSA) is 24.1 Å². The quantitative estimate of drug-likeness (QED) is 0.100. The number of rotatable bonds is 6. The average molecular weight is 757 g/mol. The van der Waals surface area contributed by atoms with Gasteiger partial charge in [0.25, 0.3) is 0 Å². The second kappa shape index (κ2) is 21.1. The van der Waals surface area contributed by atoms with Crippen molar-refractivity contribution in [2.24, 2.45) is 0 Å². The Morgan fingerprint density at radius 3 is 0.817 bits per heavy atom. The van der Waals surface area contributed by atoms with E-state index in [0.29, 0.717) is 33.4 Å². The summed E-state index contributed by atoms with van der Waals surface area (Å²) in [5, 5.41) is 6.29. The van der Waals surface area contributed by atoms with Crippen LogP contribution in [0.15, 0.2) is 228 Å². The van der Waals surface area contributed by atoms with Crippen molar-refractivity contribution in [2.45, 2.75) is 0 Å². The van der Waals surface area contributed by atoms with Crippen LogP contribution in [0.1, 0.15) is 22.3 Å². The lowest BCUT2D eigenvalue weighted by molar-refractivity contribution is 1.62. The summed E-state index contributed by atoms with van der Waals surface area (Å²) in [5.74, 6) is 26.0. The van der Waals surface area contributed by atoms with Gasteiger partial charge in [-0.1, -0.05) is 204 Å².